The van der Waals surface area contributed by atoms with Crippen LogP contribution in [0.25, 0.3) is 0 Å². The van der Waals surface area contributed by atoms with Crippen LogP contribution in [0.2, 0.25) is 36.3 Å². The third-order valence-electron chi connectivity index (χ3n) is 8.13. The molecule has 0 radical (unpaired) electrons. The van der Waals surface area contributed by atoms with Crippen LogP contribution in [0.3, 0.4) is 0 Å². The van der Waals surface area contributed by atoms with E-state index in [0.29, 0.717) is 22.3 Å². The number of rotatable bonds is 5. The van der Waals surface area contributed by atoms with Crippen molar-refractivity contribution in [2.45, 2.75) is 153 Å². The number of thioether (sulfide) groups is 1. The van der Waals surface area contributed by atoms with Crippen LogP contribution >= 0.6 is 11.8 Å². The highest BCUT2D eigenvalue weighted by Gasteiger charge is 2.40. The minimum Gasteiger partial charge on any atom is -0.414 e. The summed E-state index contributed by atoms with van der Waals surface area (Å²) < 4.78 is 12.8. The maximum atomic E-state index is 9.44. The van der Waals surface area contributed by atoms with Crippen LogP contribution in [0.4, 0.5) is 0 Å². The molecule has 0 aromatic carbocycles. The first-order valence-corrected chi connectivity index (χ1v) is 19.7. The van der Waals surface area contributed by atoms with Gasteiger partial charge < -0.3 is 14.0 Å². The predicted octanol–water partition coefficient (Wildman–Crippen LogP) is 7.99. The van der Waals surface area contributed by atoms with Crippen LogP contribution in [-0.2, 0) is 8.85 Å². The topological polar surface area (TPSA) is 38.7 Å². The van der Waals surface area contributed by atoms with Gasteiger partial charge in [0.05, 0.1) is 6.10 Å². The quantitative estimate of drug-likeness (QED) is 0.396. The fourth-order valence-electron chi connectivity index (χ4n) is 3.74. The smallest absolute Gasteiger partial charge is 0.192 e. The number of aliphatic hydroxyl groups is 1. The maximum Gasteiger partial charge on any atom is 0.192 e. The van der Waals surface area contributed by atoms with Crippen LogP contribution in [0.5, 0.6) is 0 Å². The molecule has 2 fully saturated rings. The largest absolute Gasteiger partial charge is 0.414 e. The van der Waals surface area contributed by atoms with Gasteiger partial charge in [0.2, 0.25) is 0 Å². The van der Waals surface area contributed by atoms with Crippen molar-refractivity contribution in [1.82, 2.24) is 0 Å². The Morgan fingerprint density at radius 1 is 0.645 bits per heavy atom. The monoisotopic (exact) mass is 490 g/mol. The Hall–Kier alpha value is 0.664. The molecular formula is C25H54O3SSi2. The first-order chi connectivity index (χ1) is 14.0. The van der Waals surface area contributed by atoms with Gasteiger partial charge in [-0.1, -0.05) is 41.5 Å². The second-order valence-electron chi connectivity index (χ2n) is 12.8. The van der Waals surface area contributed by atoms with E-state index in [4.69, 9.17) is 8.85 Å². The second kappa shape index (κ2) is 11.9. The molecule has 0 unspecified atom stereocenters. The van der Waals surface area contributed by atoms with Gasteiger partial charge in [0.25, 0.3) is 0 Å². The molecule has 2 rings (SSSR count). The first-order valence-electron chi connectivity index (χ1n) is 12.5. The van der Waals surface area contributed by atoms with E-state index >= 15 is 0 Å². The summed E-state index contributed by atoms with van der Waals surface area (Å²) in [7, 11) is -3.13. The third-order valence-corrected chi connectivity index (χ3v) is 18.3. The summed E-state index contributed by atoms with van der Waals surface area (Å²) in [4.78, 5) is 0. The van der Waals surface area contributed by atoms with Crippen molar-refractivity contribution in [3.8, 4) is 0 Å². The van der Waals surface area contributed by atoms with E-state index in [0.717, 1.165) is 30.9 Å². The van der Waals surface area contributed by atoms with Gasteiger partial charge in [-0.3, -0.25) is 0 Å². The van der Waals surface area contributed by atoms with Crippen molar-refractivity contribution in [2.24, 2.45) is 0 Å². The molecule has 0 aromatic heterocycles. The van der Waals surface area contributed by atoms with E-state index in [1.165, 1.54) is 25.7 Å². The molecular weight excluding hydrogens is 437 g/mol. The number of aliphatic hydroxyl groups excluding tert-OH is 1. The molecule has 6 heteroatoms. The standard InChI is InChI=1S/C13H28OSSi.C12H26O2Si/c1-13(2,3)16(5,6)14-11-7-9-12(15-4)10-8-11;1-12(2,3)15(4,5)14-11-8-6-10(13)7-9-11/h11-12H,7-10H2,1-6H3;10-11,13H,6-9H2,1-5H3. The third kappa shape index (κ3) is 9.82. The Morgan fingerprint density at radius 2 is 0.968 bits per heavy atom. The Morgan fingerprint density at radius 3 is 1.26 bits per heavy atom. The summed E-state index contributed by atoms with van der Waals surface area (Å²) in [5.41, 5.74) is 0. The molecule has 1 N–H and O–H groups in total. The molecule has 0 saturated heterocycles. The van der Waals surface area contributed by atoms with Crippen molar-refractivity contribution in [3.05, 3.63) is 0 Å². The molecule has 0 atom stereocenters. The zero-order valence-electron chi connectivity index (χ0n) is 22.6. The molecule has 2 saturated carbocycles. The molecule has 2 aliphatic rings. The van der Waals surface area contributed by atoms with Crippen molar-refractivity contribution in [3.63, 3.8) is 0 Å². The van der Waals surface area contributed by atoms with Crippen LogP contribution in [0, 0.1) is 0 Å². The van der Waals surface area contributed by atoms with Crippen LogP contribution in [0.1, 0.15) is 92.9 Å². The lowest BCUT2D eigenvalue weighted by molar-refractivity contribution is 0.0596. The molecule has 0 aliphatic heterocycles. The zero-order chi connectivity index (χ0) is 24.1. The zero-order valence-corrected chi connectivity index (χ0v) is 25.5. The van der Waals surface area contributed by atoms with Gasteiger partial charge in [-0.05, 0) is 93.9 Å². The lowest BCUT2D eigenvalue weighted by atomic mass is 9.95. The van der Waals surface area contributed by atoms with Gasteiger partial charge in [-0.25, -0.2) is 0 Å². The van der Waals surface area contributed by atoms with Crippen LogP contribution < -0.4 is 0 Å². The highest BCUT2D eigenvalue weighted by atomic mass is 32.2. The van der Waals surface area contributed by atoms with Crippen molar-refractivity contribution >= 4 is 28.4 Å². The van der Waals surface area contributed by atoms with E-state index in [2.05, 4.69) is 74.0 Å². The summed E-state index contributed by atoms with van der Waals surface area (Å²) in [5, 5.41) is 11.0. The van der Waals surface area contributed by atoms with E-state index in [1.54, 1.807) is 0 Å². The van der Waals surface area contributed by atoms with Gasteiger partial charge >= 0.3 is 0 Å². The number of hydrogen-bond acceptors (Lipinski definition) is 4. The van der Waals surface area contributed by atoms with Crippen molar-refractivity contribution in [1.29, 1.82) is 0 Å². The van der Waals surface area contributed by atoms with E-state index in [9.17, 15) is 5.11 Å². The molecule has 0 amide bonds. The predicted molar refractivity (Wildman–Crippen MR) is 144 cm³/mol. The molecule has 3 nitrogen and oxygen atoms in total. The number of hydrogen-bond donors (Lipinski definition) is 1. The molecule has 186 valence electrons. The van der Waals surface area contributed by atoms with Gasteiger partial charge in [0.15, 0.2) is 16.6 Å². The molecule has 0 bridgehead atoms. The molecule has 0 heterocycles. The Kier molecular flexibility index (Phi) is 11.4. The highest BCUT2D eigenvalue weighted by molar-refractivity contribution is 7.99. The summed E-state index contributed by atoms with van der Waals surface area (Å²) >= 11 is 2.03. The Bertz CT molecular complexity index is 510. The van der Waals surface area contributed by atoms with Gasteiger partial charge in [-0.15, -0.1) is 0 Å². The van der Waals surface area contributed by atoms with Crippen molar-refractivity contribution in [2.75, 3.05) is 6.26 Å². The van der Waals surface area contributed by atoms with Crippen LogP contribution in [0.15, 0.2) is 0 Å². The average Bonchev–Trinajstić information content (AvgIpc) is 2.62. The summed E-state index contributed by atoms with van der Waals surface area (Å²) in [5.74, 6) is 0. The van der Waals surface area contributed by atoms with Gasteiger partial charge in [0, 0.05) is 17.5 Å². The Labute approximate surface area is 201 Å². The van der Waals surface area contributed by atoms with Gasteiger partial charge in [0.1, 0.15) is 0 Å². The summed E-state index contributed by atoms with van der Waals surface area (Å²) in [6.45, 7) is 23.1. The molecule has 2 aliphatic carbocycles. The van der Waals surface area contributed by atoms with E-state index in [1.807, 2.05) is 11.8 Å². The normalized spacial score (nSPS) is 28.6. The minimum atomic E-state index is -1.60. The minimum absolute atomic E-state index is 0.0794. The SMILES string of the molecule is CC(C)(C)[Si](C)(C)OC1CCC(O)CC1.CSC1CCC(O[Si](C)(C)C(C)(C)C)CC1. The van der Waals surface area contributed by atoms with Crippen molar-refractivity contribution < 1.29 is 14.0 Å². The highest BCUT2D eigenvalue weighted by Crippen LogP contribution is 2.40. The van der Waals surface area contributed by atoms with E-state index < -0.39 is 16.6 Å². The van der Waals surface area contributed by atoms with E-state index in [-0.39, 0.29) is 6.10 Å². The lowest BCUT2D eigenvalue weighted by Crippen LogP contribution is -2.45. The fourth-order valence-corrected chi connectivity index (χ4v) is 7.32. The average molecular weight is 491 g/mol. The molecule has 0 spiro atoms. The molecule has 31 heavy (non-hydrogen) atoms. The summed E-state index contributed by atoms with van der Waals surface area (Å²) in [6.07, 6.45) is 12.2. The van der Waals surface area contributed by atoms with Gasteiger partial charge in [-0.2, -0.15) is 11.8 Å². The lowest BCUT2D eigenvalue weighted by Gasteiger charge is -2.41. The first kappa shape index (κ1) is 29.7. The summed E-state index contributed by atoms with van der Waals surface area (Å²) in [6, 6.07) is 0. The van der Waals surface area contributed by atoms with Crippen LogP contribution in [-0.4, -0.2) is 51.6 Å². The Balaban J connectivity index is 0.000000311. The second-order valence-corrected chi connectivity index (χ2v) is 23.5. The fraction of sp³-hybridized carbons (Fsp3) is 1.00. The maximum absolute atomic E-state index is 9.44. The molecule has 0 aromatic rings.